The van der Waals surface area contributed by atoms with E-state index in [-0.39, 0.29) is 0 Å². The first kappa shape index (κ1) is 15.8. The van der Waals surface area contributed by atoms with Crippen LogP contribution in [0.1, 0.15) is 58.3 Å². The third kappa shape index (κ3) is 24.5. The Labute approximate surface area is 88.8 Å². The van der Waals surface area contributed by atoms with Gasteiger partial charge in [-0.1, -0.05) is 65.2 Å². The van der Waals surface area contributed by atoms with Crippen molar-refractivity contribution in [2.45, 2.75) is 58.3 Å². The highest BCUT2D eigenvalue weighted by molar-refractivity contribution is 6.15. The van der Waals surface area contributed by atoms with Crippen LogP contribution in [0.2, 0.25) is 0 Å². The molecule has 0 aliphatic rings. The van der Waals surface area contributed by atoms with Gasteiger partial charge < -0.3 is 7.05 Å². The van der Waals surface area contributed by atoms with Crippen molar-refractivity contribution in [1.29, 1.82) is 0 Å². The fourth-order valence-corrected chi connectivity index (χ4v) is 1.13. The third-order valence-corrected chi connectivity index (χ3v) is 1.85. The predicted molar refractivity (Wildman–Crippen MR) is 57.3 cm³/mol. The number of hydrogen-bond acceptors (Lipinski definition) is 0. The molecule has 0 aliphatic carbocycles. The number of unbranched alkanes of at least 4 members (excludes halogenated alkanes) is 7. The summed E-state index contributed by atoms with van der Waals surface area (Å²) in [6.07, 6.45) is 10.9. The maximum absolute atomic E-state index is 9.76. The molecule has 0 aliphatic heterocycles. The minimum Gasteiger partial charge on any atom is -0.377 e. The van der Waals surface area contributed by atoms with Gasteiger partial charge in [0.1, 0.15) is 0 Å². The lowest BCUT2D eigenvalue weighted by molar-refractivity contribution is 0.592. The van der Waals surface area contributed by atoms with Crippen LogP contribution >= 0.6 is 0 Å². The molecule has 0 amide bonds. The summed E-state index contributed by atoms with van der Waals surface area (Å²) in [4.78, 5) is 0. The molecule has 3 heteroatoms. The quantitative estimate of drug-likeness (QED) is 0.434. The monoisotopic (exact) mass is 207 g/mol. The van der Waals surface area contributed by atoms with Crippen LogP contribution in [-0.4, -0.2) is 16.1 Å². The molecule has 79 valence electrons. The van der Waals surface area contributed by atoms with Crippen LogP contribution in [-0.2, 0) is 0 Å². The van der Waals surface area contributed by atoms with Gasteiger partial charge in [0.25, 0.3) is 0 Å². The standard InChI is InChI=1S/C10H21.Al.2FH.H/c1-3-5-7-9-10-8-6-4-2;;;;/h1,3-10H2,2H3;;2*1H;/q;+2;;;/p-2. The van der Waals surface area contributed by atoms with E-state index in [4.69, 9.17) is 0 Å². The molecular formula is C10H22AlF2. The molecule has 0 atom stereocenters. The van der Waals surface area contributed by atoms with Crippen molar-refractivity contribution in [3.63, 3.8) is 0 Å². The zero-order valence-corrected chi connectivity index (χ0v) is 10.2. The van der Waals surface area contributed by atoms with Crippen molar-refractivity contribution in [2.24, 2.45) is 0 Å². The molecule has 0 heterocycles. The summed E-state index contributed by atoms with van der Waals surface area (Å²) < 4.78 is 19.5. The van der Waals surface area contributed by atoms with E-state index < -0.39 is 16.1 Å². The zero-order valence-electron chi connectivity index (χ0n) is 8.83. The Morgan fingerprint density at radius 1 is 0.923 bits per heavy atom. The smallest absolute Gasteiger partial charge is 0.377 e. The molecule has 0 fully saturated rings. The Balaban J connectivity index is 0. The molecular weight excluding hydrogens is 185 g/mol. The van der Waals surface area contributed by atoms with E-state index in [1.807, 2.05) is 0 Å². The summed E-state index contributed by atoms with van der Waals surface area (Å²) in [5.74, 6) is 0. The molecule has 0 saturated carbocycles. The van der Waals surface area contributed by atoms with Gasteiger partial charge in [-0.3, -0.25) is 0 Å². The third-order valence-electron chi connectivity index (χ3n) is 1.85. The second-order valence-corrected chi connectivity index (χ2v) is 3.28. The molecule has 0 N–H and O–H groups in total. The van der Waals surface area contributed by atoms with Gasteiger partial charge in [-0.25, -0.2) is 0 Å². The lowest BCUT2D eigenvalue weighted by atomic mass is 10.1. The molecule has 0 aromatic heterocycles. The molecule has 0 saturated heterocycles. The van der Waals surface area contributed by atoms with E-state index >= 15 is 0 Å². The van der Waals surface area contributed by atoms with Crippen molar-refractivity contribution in [2.75, 3.05) is 0 Å². The van der Waals surface area contributed by atoms with Gasteiger partial charge in [0, 0.05) is 0 Å². The van der Waals surface area contributed by atoms with Crippen LogP contribution in [0.25, 0.3) is 0 Å². The van der Waals surface area contributed by atoms with E-state index in [1.54, 1.807) is 0 Å². The molecule has 0 bridgehead atoms. The first-order valence-corrected chi connectivity index (χ1v) is 6.31. The lowest BCUT2D eigenvalue weighted by Gasteiger charge is -1.97. The maximum atomic E-state index is 9.76. The van der Waals surface area contributed by atoms with Crippen LogP contribution < -0.4 is 0 Å². The van der Waals surface area contributed by atoms with Crippen LogP contribution in [0.3, 0.4) is 0 Å². The van der Waals surface area contributed by atoms with Crippen molar-refractivity contribution in [3.05, 3.63) is 6.92 Å². The van der Waals surface area contributed by atoms with Crippen molar-refractivity contribution in [1.82, 2.24) is 0 Å². The van der Waals surface area contributed by atoms with Gasteiger partial charge in [0.15, 0.2) is 0 Å². The Morgan fingerprint density at radius 2 is 1.31 bits per heavy atom. The van der Waals surface area contributed by atoms with Crippen molar-refractivity contribution in [3.8, 4) is 0 Å². The summed E-state index contributed by atoms with van der Waals surface area (Å²) in [6, 6.07) is 0. The van der Waals surface area contributed by atoms with Gasteiger partial charge >= 0.3 is 16.1 Å². The minimum absolute atomic E-state index is 1.12. The first-order chi connectivity index (χ1) is 6.33. The average molecular weight is 207 g/mol. The van der Waals surface area contributed by atoms with Crippen LogP contribution in [0.4, 0.5) is 7.05 Å². The largest absolute Gasteiger partial charge is 0.732 e. The average Bonchev–Trinajstić information content (AvgIpc) is 2.13. The molecule has 1 radical (unpaired) electrons. The van der Waals surface area contributed by atoms with E-state index in [1.165, 1.54) is 44.9 Å². The second-order valence-electron chi connectivity index (χ2n) is 3.08. The van der Waals surface area contributed by atoms with E-state index in [0.29, 0.717) is 0 Å². The summed E-state index contributed by atoms with van der Waals surface area (Å²) in [6.45, 7) is 6.08. The maximum Gasteiger partial charge on any atom is 0.732 e. The fourth-order valence-electron chi connectivity index (χ4n) is 1.13. The molecule has 0 spiro atoms. The fraction of sp³-hybridized carbons (Fsp3) is 0.900. The highest BCUT2D eigenvalue weighted by atomic mass is 27.2. The molecule has 0 rings (SSSR count). The normalized spacial score (nSPS) is 8.92. The minimum atomic E-state index is -2.58. The van der Waals surface area contributed by atoms with Crippen LogP contribution in [0, 0.1) is 6.92 Å². The number of halogens is 2. The number of hydrogen-bond donors (Lipinski definition) is 0. The second kappa shape index (κ2) is 18.2. The SMILES string of the molecule is [CH2]CCCCCCCCC.[F][AlH][F]. The lowest BCUT2D eigenvalue weighted by Crippen LogP contribution is -1.77. The Hall–Kier alpha value is 0.392. The Morgan fingerprint density at radius 3 is 1.69 bits per heavy atom. The van der Waals surface area contributed by atoms with Crippen molar-refractivity contribution >= 4 is 16.1 Å². The van der Waals surface area contributed by atoms with E-state index in [0.717, 1.165) is 6.42 Å². The first-order valence-electron chi connectivity index (χ1n) is 5.24. The Kier molecular flexibility index (Phi) is 22.2. The van der Waals surface area contributed by atoms with Gasteiger partial charge in [-0.2, -0.15) is 0 Å². The Bertz CT molecular complexity index is 61.9. The number of rotatable bonds is 7. The van der Waals surface area contributed by atoms with Crippen LogP contribution in [0.5, 0.6) is 0 Å². The predicted octanol–water partition coefficient (Wildman–Crippen LogP) is 4.15. The molecule has 0 unspecified atom stereocenters. The van der Waals surface area contributed by atoms with Gasteiger partial charge in [0.2, 0.25) is 0 Å². The van der Waals surface area contributed by atoms with Gasteiger partial charge in [-0.15, -0.1) is 0 Å². The highest BCUT2D eigenvalue weighted by Gasteiger charge is 1.87. The van der Waals surface area contributed by atoms with E-state index in [9.17, 15) is 7.05 Å². The highest BCUT2D eigenvalue weighted by Crippen LogP contribution is 2.07. The molecule has 0 aromatic carbocycles. The topological polar surface area (TPSA) is 0 Å². The summed E-state index contributed by atoms with van der Waals surface area (Å²) >= 11 is -2.58. The summed E-state index contributed by atoms with van der Waals surface area (Å²) in [5.41, 5.74) is 0. The van der Waals surface area contributed by atoms with E-state index in [2.05, 4.69) is 13.8 Å². The molecule has 0 aromatic rings. The molecule has 0 nitrogen and oxygen atoms in total. The van der Waals surface area contributed by atoms with Gasteiger partial charge in [-0.05, 0) is 0 Å². The summed E-state index contributed by atoms with van der Waals surface area (Å²) in [7, 11) is 0. The van der Waals surface area contributed by atoms with Crippen molar-refractivity contribution < 1.29 is 7.05 Å². The zero-order chi connectivity index (χ0) is 10.4. The molecule has 13 heavy (non-hydrogen) atoms. The summed E-state index contributed by atoms with van der Waals surface area (Å²) in [5, 5.41) is 0. The van der Waals surface area contributed by atoms with Crippen LogP contribution in [0.15, 0.2) is 0 Å². The van der Waals surface area contributed by atoms with Gasteiger partial charge in [0.05, 0.1) is 0 Å².